The highest BCUT2D eigenvalue weighted by Crippen LogP contribution is 2.21. The second kappa shape index (κ2) is 9.69. The van der Waals surface area contributed by atoms with Crippen LogP contribution in [0.5, 0.6) is 5.75 Å². The lowest BCUT2D eigenvalue weighted by Gasteiger charge is -2.11. The fourth-order valence-corrected chi connectivity index (χ4v) is 2.60. The Balaban J connectivity index is 1.51. The molecule has 156 valence electrons. The van der Waals surface area contributed by atoms with Crippen LogP contribution in [0.4, 0.5) is 10.1 Å². The molecule has 8 heteroatoms. The minimum absolute atomic E-state index is 0.0949. The zero-order valence-electron chi connectivity index (χ0n) is 16.3. The molecule has 0 saturated heterocycles. The second-order valence-electron chi connectivity index (χ2n) is 6.68. The van der Waals surface area contributed by atoms with Crippen molar-refractivity contribution in [2.45, 2.75) is 18.9 Å². The molecule has 2 N–H and O–H groups in total. The molecule has 2 aromatic rings. The molecule has 0 spiro atoms. The van der Waals surface area contributed by atoms with E-state index in [-0.39, 0.29) is 17.7 Å². The number of nitrogens with one attached hydrogen (secondary N) is 2. The van der Waals surface area contributed by atoms with Gasteiger partial charge in [0.15, 0.2) is 18.2 Å². The molecule has 0 aliphatic heterocycles. The Kier molecular flexibility index (Phi) is 6.79. The number of ether oxygens (including phenoxy) is 2. The van der Waals surface area contributed by atoms with Gasteiger partial charge in [-0.05, 0) is 48.7 Å². The molecule has 1 fully saturated rings. The normalized spacial score (nSPS) is 13.0. The Morgan fingerprint density at radius 1 is 1.17 bits per heavy atom. The molecule has 30 heavy (non-hydrogen) atoms. The number of carbonyl (C=O) groups excluding carboxylic acids is 3. The molecule has 3 rings (SSSR count). The second-order valence-corrected chi connectivity index (χ2v) is 6.68. The first-order valence-electron chi connectivity index (χ1n) is 9.34. The van der Waals surface area contributed by atoms with Crippen molar-refractivity contribution in [3.05, 3.63) is 65.5 Å². The van der Waals surface area contributed by atoms with Gasteiger partial charge in [0.2, 0.25) is 0 Å². The Morgan fingerprint density at radius 3 is 2.63 bits per heavy atom. The smallest absolute Gasteiger partial charge is 0.331 e. The van der Waals surface area contributed by atoms with Crippen molar-refractivity contribution in [1.82, 2.24) is 5.32 Å². The summed E-state index contributed by atoms with van der Waals surface area (Å²) in [6.45, 7) is -0.529. The average Bonchev–Trinajstić information content (AvgIpc) is 3.55. The van der Waals surface area contributed by atoms with Crippen LogP contribution >= 0.6 is 0 Å². The van der Waals surface area contributed by atoms with Gasteiger partial charge in [-0.1, -0.05) is 18.2 Å². The maximum absolute atomic E-state index is 13.6. The Labute approximate surface area is 172 Å². The SMILES string of the molecule is COc1ccc(/C=C/C(=O)OCC(=O)Nc2ccccc2C(=O)NC2CC2)cc1F. The highest BCUT2D eigenvalue weighted by molar-refractivity contribution is 6.04. The third-order valence-corrected chi connectivity index (χ3v) is 4.29. The number of anilines is 1. The highest BCUT2D eigenvalue weighted by atomic mass is 19.1. The molecular formula is C22H21FN2O5. The van der Waals surface area contributed by atoms with Gasteiger partial charge in [-0.3, -0.25) is 9.59 Å². The lowest BCUT2D eigenvalue weighted by molar-refractivity contribution is -0.142. The molecule has 1 aliphatic carbocycles. The van der Waals surface area contributed by atoms with E-state index in [1.807, 2.05) is 0 Å². The number of hydrogen-bond acceptors (Lipinski definition) is 5. The molecule has 0 atom stereocenters. The number of para-hydroxylation sites is 1. The number of halogens is 1. The van der Waals surface area contributed by atoms with Crippen molar-refractivity contribution < 1.29 is 28.2 Å². The molecule has 0 radical (unpaired) electrons. The van der Waals surface area contributed by atoms with Crippen molar-refractivity contribution >= 4 is 29.5 Å². The van der Waals surface area contributed by atoms with Crippen LogP contribution in [-0.2, 0) is 14.3 Å². The topological polar surface area (TPSA) is 93.7 Å². The summed E-state index contributed by atoms with van der Waals surface area (Å²) >= 11 is 0. The minimum Gasteiger partial charge on any atom is -0.494 e. The fourth-order valence-electron chi connectivity index (χ4n) is 2.60. The molecule has 0 aromatic heterocycles. The van der Waals surface area contributed by atoms with Gasteiger partial charge in [0, 0.05) is 12.1 Å². The molecule has 0 heterocycles. The van der Waals surface area contributed by atoms with E-state index >= 15 is 0 Å². The summed E-state index contributed by atoms with van der Waals surface area (Å²) in [6.07, 6.45) is 4.35. The van der Waals surface area contributed by atoms with E-state index in [0.717, 1.165) is 18.9 Å². The molecule has 0 unspecified atom stereocenters. The predicted octanol–water partition coefficient (Wildman–Crippen LogP) is 2.92. The molecule has 1 aliphatic rings. The van der Waals surface area contributed by atoms with Crippen LogP contribution in [0.25, 0.3) is 6.08 Å². The van der Waals surface area contributed by atoms with Crippen molar-refractivity contribution in [2.24, 2.45) is 0 Å². The number of benzene rings is 2. The van der Waals surface area contributed by atoms with E-state index in [9.17, 15) is 18.8 Å². The van der Waals surface area contributed by atoms with Crippen LogP contribution in [0.15, 0.2) is 48.5 Å². The number of hydrogen-bond donors (Lipinski definition) is 2. The maximum Gasteiger partial charge on any atom is 0.331 e. The largest absolute Gasteiger partial charge is 0.494 e. The van der Waals surface area contributed by atoms with Crippen LogP contribution in [0, 0.1) is 5.82 Å². The fraction of sp³-hybridized carbons (Fsp3) is 0.227. The minimum atomic E-state index is -0.763. The van der Waals surface area contributed by atoms with Crippen LogP contribution < -0.4 is 15.4 Å². The summed E-state index contributed by atoms with van der Waals surface area (Å²) in [5.41, 5.74) is 1.11. The first-order chi connectivity index (χ1) is 14.5. The summed E-state index contributed by atoms with van der Waals surface area (Å²) in [7, 11) is 1.36. The van der Waals surface area contributed by atoms with Crippen LogP contribution in [0.2, 0.25) is 0 Å². The van der Waals surface area contributed by atoms with Crippen LogP contribution in [-0.4, -0.2) is 37.5 Å². The van der Waals surface area contributed by atoms with E-state index in [1.54, 1.807) is 30.3 Å². The van der Waals surface area contributed by atoms with E-state index < -0.39 is 24.3 Å². The van der Waals surface area contributed by atoms with Crippen LogP contribution in [0.3, 0.4) is 0 Å². The third-order valence-electron chi connectivity index (χ3n) is 4.29. The van der Waals surface area contributed by atoms with E-state index in [0.29, 0.717) is 16.8 Å². The summed E-state index contributed by atoms with van der Waals surface area (Å²) < 4.78 is 23.4. The number of methoxy groups -OCH3 is 1. The Morgan fingerprint density at radius 2 is 1.93 bits per heavy atom. The highest BCUT2D eigenvalue weighted by Gasteiger charge is 2.25. The van der Waals surface area contributed by atoms with Gasteiger partial charge in [-0.25, -0.2) is 9.18 Å². The third kappa shape index (κ3) is 5.91. The molecule has 2 amide bonds. The van der Waals surface area contributed by atoms with Crippen molar-refractivity contribution in [3.8, 4) is 5.75 Å². The number of rotatable bonds is 8. The quantitative estimate of drug-likeness (QED) is 0.514. The number of esters is 1. The Bertz CT molecular complexity index is 985. The zero-order valence-corrected chi connectivity index (χ0v) is 16.3. The summed E-state index contributed by atoms with van der Waals surface area (Å²) in [5, 5.41) is 5.43. The van der Waals surface area contributed by atoms with Gasteiger partial charge in [-0.15, -0.1) is 0 Å². The van der Waals surface area contributed by atoms with Gasteiger partial charge in [0.1, 0.15) is 0 Å². The molecule has 2 aromatic carbocycles. The molecule has 1 saturated carbocycles. The summed E-state index contributed by atoms with van der Waals surface area (Å²) in [5.74, 6) is -2.07. The number of carbonyl (C=O) groups is 3. The van der Waals surface area contributed by atoms with Crippen molar-refractivity contribution in [2.75, 3.05) is 19.0 Å². The van der Waals surface area contributed by atoms with E-state index in [1.165, 1.54) is 25.3 Å². The van der Waals surface area contributed by atoms with Gasteiger partial charge in [0.05, 0.1) is 18.4 Å². The lowest BCUT2D eigenvalue weighted by Crippen LogP contribution is -2.27. The number of amides is 2. The summed E-state index contributed by atoms with van der Waals surface area (Å²) in [6, 6.07) is 11.0. The monoisotopic (exact) mass is 412 g/mol. The standard InChI is InChI=1S/C22H21FN2O5/c1-29-19-10-6-14(12-17(19)23)7-11-21(27)30-13-20(26)25-18-5-3-2-4-16(18)22(28)24-15-8-9-15/h2-7,10-12,15H,8-9,13H2,1H3,(H,24,28)(H,25,26)/b11-7+. The average molecular weight is 412 g/mol. The molecular weight excluding hydrogens is 391 g/mol. The first-order valence-corrected chi connectivity index (χ1v) is 9.34. The maximum atomic E-state index is 13.6. The predicted molar refractivity (Wildman–Crippen MR) is 109 cm³/mol. The van der Waals surface area contributed by atoms with Gasteiger partial charge < -0.3 is 20.1 Å². The first kappa shape index (κ1) is 21.0. The van der Waals surface area contributed by atoms with E-state index in [2.05, 4.69) is 10.6 Å². The van der Waals surface area contributed by atoms with Gasteiger partial charge in [0.25, 0.3) is 11.8 Å². The Hall–Kier alpha value is -3.68. The van der Waals surface area contributed by atoms with Gasteiger partial charge >= 0.3 is 5.97 Å². The molecule has 0 bridgehead atoms. The van der Waals surface area contributed by atoms with Crippen molar-refractivity contribution in [1.29, 1.82) is 0 Å². The van der Waals surface area contributed by atoms with Crippen molar-refractivity contribution in [3.63, 3.8) is 0 Å². The summed E-state index contributed by atoms with van der Waals surface area (Å²) in [4.78, 5) is 36.2. The van der Waals surface area contributed by atoms with E-state index in [4.69, 9.17) is 9.47 Å². The zero-order chi connectivity index (χ0) is 21.5. The molecule has 7 nitrogen and oxygen atoms in total. The lowest BCUT2D eigenvalue weighted by atomic mass is 10.1. The van der Waals surface area contributed by atoms with Crippen LogP contribution in [0.1, 0.15) is 28.8 Å². The van der Waals surface area contributed by atoms with Gasteiger partial charge in [-0.2, -0.15) is 0 Å².